The molecular formula is C23H21N5O3. The number of nitriles is 1. The van der Waals surface area contributed by atoms with Gasteiger partial charge in [0.25, 0.3) is 5.91 Å². The van der Waals surface area contributed by atoms with Gasteiger partial charge in [-0.25, -0.2) is 0 Å². The van der Waals surface area contributed by atoms with E-state index in [-0.39, 0.29) is 24.7 Å². The lowest BCUT2D eigenvalue weighted by molar-refractivity contribution is -0.112. The summed E-state index contributed by atoms with van der Waals surface area (Å²) < 4.78 is 10.7. The number of fused-ring (bicyclic) bond motifs is 1. The molecule has 0 saturated carbocycles. The maximum absolute atomic E-state index is 13.7. The minimum Gasteiger partial charge on any atom is -0.497 e. The van der Waals surface area contributed by atoms with Gasteiger partial charge in [0.1, 0.15) is 11.9 Å². The van der Waals surface area contributed by atoms with Gasteiger partial charge < -0.3 is 24.7 Å². The number of nitrogens with zero attached hydrogens (tertiary/aromatic N) is 4. The van der Waals surface area contributed by atoms with Crippen molar-refractivity contribution < 1.29 is 13.9 Å². The van der Waals surface area contributed by atoms with Gasteiger partial charge in [0.15, 0.2) is 0 Å². The molecule has 1 aliphatic rings. The van der Waals surface area contributed by atoms with Gasteiger partial charge in [-0.05, 0) is 42.5 Å². The number of furan rings is 1. The third kappa shape index (κ3) is 3.86. The number of hydrogen-bond acceptors (Lipinski definition) is 7. The van der Waals surface area contributed by atoms with Gasteiger partial charge in [0, 0.05) is 17.9 Å². The number of rotatable bonds is 6. The zero-order chi connectivity index (χ0) is 21.8. The normalized spacial score (nSPS) is 14.9. The Balaban J connectivity index is 1.79. The number of carbonyl (C=O) groups is 1. The summed E-state index contributed by atoms with van der Waals surface area (Å²) >= 11 is 0. The van der Waals surface area contributed by atoms with Crippen LogP contribution in [0.1, 0.15) is 18.2 Å². The predicted octanol–water partition coefficient (Wildman–Crippen LogP) is 3.74. The number of benzene rings is 2. The molecule has 1 atom stereocenters. The van der Waals surface area contributed by atoms with Crippen LogP contribution in [0.3, 0.4) is 0 Å². The Labute approximate surface area is 179 Å². The molecule has 3 aromatic rings. The average Bonchev–Trinajstić information content (AvgIpc) is 3.29. The lowest BCUT2D eigenvalue weighted by Gasteiger charge is -2.35. The third-order valence-corrected chi connectivity index (χ3v) is 5.01. The number of anilines is 2. The van der Waals surface area contributed by atoms with E-state index in [0.717, 1.165) is 0 Å². The molecule has 31 heavy (non-hydrogen) atoms. The molecule has 0 aliphatic carbocycles. The minimum atomic E-state index is -0.674. The molecule has 0 saturated heterocycles. The van der Waals surface area contributed by atoms with Crippen molar-refractivity contribution in [3.05, 3.63) is 72.5 Å². The first-order valence-electron chi connectivity index (χ1n) is 9.73. The van der Waals surface area contributed by atoms with Gasteiger partial charge in [-0.1, -0.05) is 18.2 Å². The lowest BCUT2D eigenvalue weighted by atomic mass is 10.1. The molecule has 1 aromatic heterocycles. The van der Waals surface area contributed by atoms with Crippen LogP contribution in [0, 0.1) is 11.3 Å². The maximum atomic E-state index is 13.7. The molecule has 8 heteroatoms. The number of nitrogens with two attached hydrogens (primary N) is 1. The smallest absolute Gasteiger partial charge is 0.294 e. The number of aliphatic imine (C=N–C) groups is 1. The highest BCUT2D eigenvalue weighted by Gasteiger charge is 2.36. The van der Waals surface area contributed by atoms with Crippen LogP contribution in [0.15, 0.2) is 76.3 Å². The fraction of sp³-hybridized carbons (Fsp3) is 0.174. The number of carbonyl (C=O) groups excluding carboxylic acids is 1. The Morgan fingerprint density at radius 3 is 2.65 bits per heavy atom. The SMILES string of the molecule is COc1ccc(N2C(C(=O)N(CCC#N)c3ccccc3)=Nc3occc3C2N)cc1. The fourth-order valence-corrected chi connectivity index (χ4v) is 3.46. The summed E-state index contributed by atoms with van der Waals surface area (Å²) in [4.78, 5) is 21.4. The Morgan fingerprint density at radius 2 is 1.97 bits per heavy atom. The van der Waals surface area contributed by atoms with E-state index in [0.29, 0.717) is 28.6 Å². The standard InChI is InChI=1S/C23H21N5O3/c1-30-18-10-8-17(9-11-18)28-20(25)19-12-15-31-22(19)26-21(28)23(29)27(14-5-13-24)16-6-3-2-4-7-16/h2-4,6-12,15,20H,5,14,25H2,1H3. The van der Waals surface area contributed by atoms with E-state index in [2.05, 4.69) is 11.1 Å². The van der Waals surface area contributed by atoms with Gasteiger partial charge in [-0.15, -0.1) is 0 Å². The van der Waals surface area contributed by atoms with Crippen molar-refractivity contribution in [2.24, 2.45) is 10.7 Å². The summed E-state index contributed by atoms with van der Waals surface area (Å²) in [6, 6.07) is 20.2. The summed E-state index contributed by atoms with van der Waals surface area (Å²) in [5, 5.41) is 9.10. The molecule has 2 N–H and O–H groups in total. The second-order valence-corrected chi connectivity index (χ2v) is 6.83. The van der Waals surface area contributed by atoms with Crippen LogP contribution in [0.2, 0.25) is 0 Å². The Hall–Kier alpha value is -4.09. The molecule has 2 heterocycles. The van der Waals surface area contributed by atoms with Gasteiger partial charge in [0.2, 0.25) is 11.7 Å². The topological polar surface area (TPSA) is 108 Å². The van der Waals surface area contributed by atoms with Crippen molar-refractivity contribution in [1.82, 2.24) is 0 Å². The summed E-state index contributed by atoms with van der Waals surface area (Å²) in [6.45, 7) is 0.217. The highest BCUT2D eigenvalue weighted by atomic mass is 16.5. The second-order valence-electron chi connectivity index (χ2n) is 6.83. The number of methoxy groups -OCH3 is 1. The number of amidine groups is 1. The number of hydrogen-bond donors (Lipinski definition) is 1. The van der Waals surface area contributed by atoms with Crippen molar-refractivity contribution in [1.29, 1.82) is 5.26 Å². The highest BCUT2D eigenvalue weighted by Crippen LogP contribution is 2.37. The summed E-state index contributed by atoms with van der Waals surface area (Å²) in [5.41, 5.74) is 8.56. The lowest BCUT2D eigenvalue weighted by Crippen LogP contribution is -2.50. The van der Waals surface area contributed by atoms with Crippen molar-refractivity contribution >= 4 is 29.0 Å². The minimum absolute atomic E-state index is 0.113. The number of amides is 1. The molecule has 0 bridgehead atoms. The van der Waals surface area contributed by atoms with Gasteiger partial charge in [0.05, 0.1) is 31.4 Å². The Bertz CT molecular complexity index is 1130. The predicted molar refractivity (Wildman–Crippen MR) is 117 cm³/mol. The van der Waals surface area contributed by atoms with Gasteiger partial charge in [-0.3, -0.25) is 4.79 Å². The van der Waals surface area contributed by atoms with Crippen LogP contribution in [-0.4, -0.2) is 25.4 Å². The average molecular weight is 415 g/mol. The molecule has 8 nitrogen and oxygen atoms in total. The van der Waals surface area contributed by atoms with Crippen molar-refractivity contribution in [2.75, 3.05) is 23.5 Å². The third-order valence-electron chi connectivity index (χ3n) is 5.01. The second kappa shape index (κ2) is 8.73. The van der Waals surface area contributed by atoms with Crippen LogP contribution >= 0.6 is 0 Å². The van der Waals surface area contributed by atoms with E-state index in [4.69, 9.17) is 20.1 Å². The molecular weight excluding hydrogens is 394 g/mol. The van der Waals surface area contributed by atoms with Gasteiger partial charge in [-0.2, -0.15) is 10.3 Å². The molecule has 0 radical (unpaired) electrons. The summed E-state index contributed by atoms with van der Waals surface area (Å²) in [7, 11) is 1.59. The molecule has 1 unspecified atom stereocenters. The fourth-order valence-electron chi connectivity index (χ4n) is 3.46. The highest BCUT2D eigenvalue weighted by molar-refractivity contribution is 6.48. The van der Waals surface area contributed by atoms with E-state index in [1.54, 1.807) is 30.2 Å². The van der Waals surface area contributed by atoms with Crippen LogP contribution in [0.4, 0.5) is 17.3 Å². The molecule has 1 aliphatic heterocycles. The van der Waals surface area contributed by atoms with E-state index < -0.39 is 6.17 Å². The van der Waals surface area contributed by atoms with Crippen LogP contribution in [0.25, 0.3) is 0 Å². The van der Waals surface area contributed by atoms with E-state index in [9.17, 15) is 4.79 Å². The molecule has 4 rings (SSSR count). The van der Waals surface area contributed by atoms with Crippen LogP contribution < -0.4 is 20.3 Å². The van der Waals surface area contributed by atoms with E-state index in [1.165, 1.54) is 11.2 Å². The monoisotopic (exact) mass is 415 g/mol. The van der Waals surface area contributed by atoms with Crippen molar-refractivity contribution in [2.45, 2.75) is 12.6 Å². The van der Waals surface area contributed by atoms with E-state index in [1.807, 2.05) is 42.5 Å². The summed E-state index contributed by atoms with van der Waals surface area (Å²) in [5.74, 6) is 0.716. The maximum Gasteiger partial charge on any atom is 0.294 e. The number of ether oxygens (including phenoxy) is 1. The first-order valence-corrected chi connectivity index (χ1v) is 9.73. The molecule has 1 amide bonds. The zero-order valence-electron chi connectivity index (χ0n) is 16.9. The summed E-state index contributed by atoms with van der Waals surface area (Å²) in [6.07, 6.45) is 1.000. The van der Waals surface area contributed by atoms with Crippen molar-refractivity contribution in [3.8, 4) is 11.8 Å². The molecule has 2 aromatic carbocycles. The first kappa shape index (κ1) is 20.2. The quantitative estimate of drug-likeness (QED) is 0.657. The van der Waals surface area contributed by atoms with Crippen molar-refractivity contribution in [3.63, 3.8) is 0 Å². The molecule has 156 valence electrons. The number of para-hydroxylation sites is 1. The first-order chi connectivity index (χ1) is 15.1. The molecule has 0 spiro atoms. The Kier molecular flexibility index (Phi) is 5.69. The Morgan fingerprint density at radius 1 is 1.23 bits per heavy atom. The van der Waals surface area contributed by atoms with Gasteiger partial charge >= 0.3 is 0 Å². The van der Waals surface area contributed by atoms with E-state index >= 15 is 0 Å². The van der Waals surface area contributed by atoms with Crippen LogP contribution in [-0.2, 0) is 4.79 Å². The largest absolute Gasteiger partial charge is 0.497 e. The van der Waals surface area contributed by atoms with Crippen LogP contribution in [0.5, 0.6) is 5.75 Å². The zero-order valence-corrected chi connectivity index (χ0v) is 16.9. The molecule has 0 fully saturated rings.